The van der Waals surface area contributed by atoms with Gasteiger partial charge in [-0.3, -0.25) is 14.9 Å². The number of hydrogen-bond acceptors (Lipinski definition) is 5. The number of nitro groups is 1. The smallest absolute Gasteiger partial charge is 0.270 e. The van der Waals surface area contributed by atoms with Crippen LogP contribution in [-0.2, 0) is 13.5 Å². The molecule has 0 aliphatic heterocycles. The third-order valence-corrected chi connectivity index (χ3v) is 2.99. The predicted molar refractivity (Wildman–Crippen MR) is 74.0 cm³/mol. The van der Waals surface area contributed by atoms with Crippen LogP contribution in [-0.4, -0.2) is 32.0 Å². The second kappa shape index (κ2) is 6.04. The number of carbonyl (C=O) groups is 1. The van der Waals surface area contributed by atoms with Gasteiger partial charge in [0.25, 0.3) is 11.6 Å². The molecule has 0 fully saturated rings. The standard InChI is InChI=1S/C13H14N4O4/c1-16-7-6-14-12(16)4-5-15-13(19)10-8-9(17(20)21)2-3-11(10)18/h2-3,6-8,18H,4-5H2,1H3,(H,15,19). The average Bonchev–Trinajstić information content (AvgIpc) is 2.84. The van der Waals surface area contributed by atoms with Gasteiger partial charge in [0, 0.05) is 44.5 Å². The minimum Gasteiger partial charge on any atom is -0.507 e. The lowest BCUT2D eigenvalue weighted by Crippen LogP contribution is -2.26. The summed E-state index contributed by atoms with van der Waals surface area (Å²) < 4.78 is 1.83. The van der Waals surface area contributed by atoms with E-state index in [1.54, 1.807) is 12.4 Å². The summed E-state index contributed by atoms with van der Waals surface area (Å²) in [5, 5.41) is 22.9. The molecule has 0 saturated carbocycles. The first-order valence-corrected chi connectivity index (χ1v) is 6.21. The van der Waals surface area contributed by atoms with Crippen LogP contribution < -0.4 is 5.32 Å². The number of phenolic OH excluding ortho intramolecular Hbond substituents is 1. The Kier molecular flexibility index (Phi) is 4.17. The number of benzene rings is 1. The number of carbonyl (C=O) groups excluding carboxylic acids is 1. The lowest BCUT2D eigenvalue weighted by Gasteiger charge is -2.07. The first-order chi connectivity index (χ1) is 9.99. The first kappa shape index (κ1) is 14.5. The molecule has 1 aromatic carbocycles. The van der Waals surface area contributed by atoms with Crippen LogP contribution in [0.25, 0.3) is 0 Å². The van der Waals surface area contributed by atoms with Crippen molar-refractivity contribution in [2.45, 2.75) is 6.42 Å². The molecule has 2 aromatic rings. The fourth-order valence-electron chi connectivity index (χ4n) is 1.84. The molecule has 1 amide bonds. The Bertz CT molecular complexity index is 681. The number of non-ortho nitro benzene ring substituents is 1. The Morgan fingerprint density at radius 2 is 2.29 bits per heavy atom. The molecule has 2 rings (SSSR count). The highest BCUT2D eigenvalue weighted by Gasteiger charge is 2.16. The van der Waals surface area contributed by atoms with Gasteiger partial charge in [0.1, 0.15) is 11.6 Å². The van der Waals surface area contributed by atoms with Gasteiger partial charge >= 0.3 is 0 Å². The Labute approximate surface area is 120 Å². The maximum absolute atomic E-state index is 11.9. The van der Waals surface area contributed by atoms with Crippen LogP contribution in [0.15, 0.2) is 30.6 Å². The van der Waals surface area contributed by atoms with Crippen LogP contribution in [0.3, 0.4) is 0 Å². The lowest BCUT2D eigenvalue weighted by atomic mass is 10.1. The fourth-order valence-corrected chi connectivity index (χ4v) is 1.84. The van der Waals surface area contributed by atoms with E-state index in [0.29, 0.717) is 13.0 Å². The van der Waals surface area contributed by atoms with Crippen LogP contribution in [0.1, 0.15) is 16.2 Å². The van der Waals surface area contributed by atoms with Gasteiger partial charge in [-0.05, 0) is 6.07 Å². The van der Waals surface area contributed by atoms with Crippen molar-refractivity contribution < 1.29 is 14.8 Å². The number of nitro benzene ring substituents is 1. The summed E-state index contributed by atoms with van der Waals surface area (Å²) in [6.45, 7) is 0.311. The first-order valence-electron chi connectivity index (χ1n) is 6.21. The van der Waals surface area contributed by atoms with E-state index in [4.69, 9.17) is 0 Å². The normalized spacial score (nSPS) is 10.3. The number of phenols is 1. The molecule has 8 nitrogen and oxygen atoms in total. The third kappa shape index (κ3) is 3.35. The summed E-state index contributed by atoms with van der Waals surface area (Å²) in [5.74, 6) is -0.0564. The van der Waals surface area contributed by atoms with Gasteiger partial charge in [0.2, 0.25) is 0 Å². The van der Waals surface area contributed by atoms with Crippen molar-refractivity contribution in [3.8, 4) is 5.75 Å². The molecule has 0 spiro atoms. The van der Waals surface area contributed by atoms with E-state index in [9.17, 15) is 20.0 Å². The van der Waals surface area contributed by atoms with Gasteiger partial charge in [-0.15, -0.1) is 0 Å². The van der Waals surface area contributed by atoms with Crippen molar-refractivity contribution in [2.24, 2.45) is 7.05 Å². The molecule has 0 unspecified atom stereocenters. The number of nitrogens with one attached hydrogen (secondary N) is 1. The van der Waals surface area contributed by atoms with Gasteiger partial charge in [-0.2, -0.15) is 0 Å². The minimum absolute atomic E-state index is 0.121. The quantitative estimate of drug-likeness (QED) is 0.630. The minimum atomic E-state index is -0.621. The van der Waals surface area contributed by atoms with Crippen molar-refractivity contribution >= 4 is 11.6 Å². The van der Waals surface area contributed by atoms with E-state index in [1.165, 1.54) is 0 Å². The highest BCUT2D eigenvalue weighted by molar-refractivity contribution is 5.97. The number of hydrogen-bond donors (Lipinski definition) is 2. The van der Waals surface area contributed by atoms with Crippen LogP contribution >= 0.6 is 0 Å². The Morgan fingerprint density at radius 1 is 1.52 bits per heavy atom. The Hall–Kier alpha value is -2.90. The van der Waals surface area contributed by atoms with E-state index in [2.05, 4.69) is 10.3 Å². The van der Waals surface area contributed by atoms with E-state index in [1.807, 2.05) is 11.6 Å². The molecule has 1 aromatic heterocycles. The summed E-state index contributed by atoms with van der Waals surface area (Å²) in [4.78, 5) is 26.1. The third-order valence-electron chi connectivity index (χ3n) is 2.99. The monoisotopic (exact) mass is 290 g/mol. The van der Waals surface area contributed by atoms with E-state index < -0.39 is 10.8 Å². The zero-order valence-corrected chi connectivity index (χ0v) is 11.3. The summed E-state index contributed by atoms with van der Waals surface area (Å²) in [7, 11) is 1.84. The molecule has 0 aliphatic carbocycles. The number of imidazole rings is 1. The van der Waals surface area contributed by atoms with Gasteiger partial charge in [-0.25, -0.2) is 4.98 Å². The van der Waals surface area contributed by atoms with Gasteiger partial charge in [-0.1, -0.05) is 0 Å². The fraction of sp³-hybridized carbons (Fsp3) is 0.231. The number of rotatable bonds is 5. The van der Waals surface area contributed by atoms with Gasteiger partial charge < -0.3 is 15.0 Å². The molecule has 0 saturated heterocycles. The lowest BCUT2D eigenvalue weighted by molar-refractivity contribution is -0.384. The van der Waals surface area contributed by atoms with Crippen LogP contribution in [0, 0.1) is 10.1 Å². The maximum atomic E-state index is 11.9. The molecule has 0 bridgehead atoms. The van der Waals surface area contributed by atoms with E-state index in [0.717, 1.165) is 24.0 Å². The van der Waals surface area contributed by atoms with Gasteiger partial charge in [0.05, 0.1) is 10.5 Å². The Balaban J connectivity index is 2.01. The van der Waals surface area contributed by atoms with Crippen LogP contribution in [0.2, 0.25) is 0 Å². The highest BCUT2D eigenvalue weighted by atomic mass is 16.6. The van der Waals surface area contributed by atoms with E-state index in [-0.39, 0.29) is 17.0 Å². The predicted octanol–water partition coefficient (Wildman–Crippen LogP) is 1.01. The molecule has 0 radical (unpaired) electrons. The Morgan fingerprint density at radius 3 is 2.90 bits per heavy atom. The largest absolute Gasteiger partial charge is 0.507 e. The van der Waals surface area contributed by atoms with Crippen LogP contribution in [0.4, 0.5) is 5.69 Å². The van der Waals surface area contributed by atoms with Crippen molar-refractivity contribution in [2.75, 3.05) is 6.54 Å². The molecule has 2 N–H and O–H groups in total. The molecule has 1 heterocycles. The second-order valence-corrected chi connectivity index (χ2v) is 4.42. The van der Waals surface area contributed by atoms with Crippen molar-refractivity contribution in [3.05, 3.63) is 52.1 Å². The summed E-state index contributed by atoms with van der Waals surface area (Å²) in [6, 6.07) is 3.32. The molecule has 21 heavy (non-hydrogen) atoms. The SMILES string of the molecule is Cn1ccnc1CCNC(=O)c1cc([N+](=O)[O-])ccc1O. The number of nitrogens with zero attached hydrogens (tertiary/aromatic N) is 3. The summed E-state index contributed by atoms with van der Waals surface area (Å²) >= 11 is 0. The molecule has 110 valence electrons. The zero-order chi connectivity index (χ0) is 15.4. The van der Waals surface area contributed by atoms with Crippen molar-refractivity contribution in [1.29, 1.82) is 0 Å². The molecule has 0 atom stereocenters. The molecular formula is C13H14N4O4. The second-order valence-electron chi connectivity index (χ2n) is 4.42. The summed E-state index contributed by atoms with van der Waals surface area (Å²) in [6.07, 6.45) is 3.97. The highest BCUT2D eigenvalue weighted by Crippen LogP contribution is 2.22. The van der Waals surface area contributed by atoms with E-state index >= 15 is 0 Å². The molecular weight excluding hydrogens is 276 g/mol. The number of amides is 1. The number of aromatic hydroxyl groups is 1. The average molecular weight is 290 g/mol. The number of aromatic nitrogens is 2. The molecule has 0 aliphatic rings. The van der Waals surface area contributed by atoms with Crippen molar-refractivity contribution in [3.63, 3.8) is 0 Å². The molecule has 8 heteroatoms. The topological polar surface area (TPSA) is 110 Å². The number of aryl methyl sites for hydroxylation is 1. The zero-order valence-electron chi connectivity index (χ0n) is 11.3. The van der Waals surface area contributed by atoms with Crippen LogP contribution in [0.5, 0.6) is 5.75 Å². The maximum Gasteiger partial charge on any atom is 0.270 e. The van der Waals surface area contributed by atoms with Crippen molar-refractivity contribution in [1.82, 2.24) is 14.9 Å². The van der Waals surface area contributed by atoms with Gasteiger partial charge in [0.15, 0.2) is 0 Å². The summed E-state index contributed by atoms with van der Waals surface area (Å²) in [5.41, 5.74) is -0.369.